The number of benzene rings is 1. The van der Waals surface area contributed by atoms with E-state index in [1.165, 1.54) is 0 Å². The topological polar surface area (TPSA) is 58.0 Å². The number of pyridine rings is 1. The van der Waals surface area contributed by atoms with Crippen LogP contribution in [0.25, 0.3) is 11.1 Å². The van der Waals surface area contributed by atoms with E-state index in [9.17, 15) is 17.6 Å². The van der Waals surface area contributed by atoms with E-state index in [2.05, 4.69) is 20.7 Å². The normalized spacial score (nSPS) is 17.1. The summed E-state index contributed by atoms with van der Waals surface area (Å²) in [5.74, 6) is -0.0606. The van der Waals surface area contributed by atoms with Gasteiger partial charge in [-0.3, -0.25) is 4.68 Å². The fraction of sp³-hybridized carbons (Fsp3) is 0.440. The highest BCUT2D eigenvalue weighted by atomic mass is 19.4. The van der Waals surface area contributed by atoms with Gasteiger partial charge in [0.05, 0.1) is 23.5 Å². The number of halogens is 4. The summed E-state index contributed by atoms with van der Waals surface area (Å²) in [5, 5.41) is 11.2. The average molecular weight is 489 g/mol. The van der Waals surface area contributed by atoms with Crippen LogP contribution in [0.2, 0.25) is 0 Å². The van der Waals surface area contributed by atoms with Crippen molar-refractivity contribution in [3.8, 4) is 11.1 Å². The number of aromatic nitrogens is 3. The van der Waals surface area contributed by atoms with E-state index in [1.54, 1.807) is 6.20 Å². The highest BCUT2D eigenvalue weighted by molar-refractivity contribution is 5.80. The molecule has 0 spiro atoms. The van der Waals surface area contributed by atoms with Gasteiger partial charge < -0.3 is 15.5 Å². The number of hydrogen-bond donors (Lipinski definition) is 2. The van der Waals surface area contributed by atoms with E-state index in [1.807, 2.05) is 28.9 Å². The Kier molecular flexibility index (Phi) is 6.39. The van der Waals surface area contributed by atoms with Crippen molar-refractivity contribution in [3.05, 3.63) is 59.3 Å². The summed E-state index contributed by atoms with van der Waals surface area (Å²) in [6, 6.07) is 3.00. The summed E-state index contributed by atoms with van der Waals surface area (Å²) in [5.41, 5.74) is 2.54. The largest absolute Gasteiger partial charge is 0.416 e. The van der Waals surface area contributed by atoms with E-state index in [0.717, 1.165) is 72.9 Å². The maximum absolute atomic E-state index is 14.0. The molecule has 4 heterocycles. The standard InChI is InChI=1S/C25H28F4N6/c1-16-21(18-12-33-35(15-18)20-5-8-30-9-6-20)13-32-24-23(16)34(10-2-7-31-24)14-17-11-19(26)3-4-22(17)25(27,28)29/h3-4,11-13,15,20,30H,2,5-10,14H2,1H3,(H,31,32). The predicted octanol–water partition coefficient (Wildman–Crippen LogP) is 5.16. The van der Waals surface area contributed by atoms with E-state index >= 15 is 0 Å². The van der Waals surface area contributed by atoms with Gasteiger partial charge in [-0.05, 0) is 68.6 Å². The zero-order valence-corrected chi connectivity index (χ0v) is 19.5. The quantitative estimate of drug-likeness (QED) is 0.497. The molecule has 3 aromatic rings. The zero-order valence-electron chi connectivity index (χ0n) is 19.5. The number of nitrogens with zero attached hydrogens (tertiary/aromatic N) is 4. The molecular formula is C25H28F4N6. The maximum Gasteiger partial charge on any atom is 0.416 e. The van der Waals surface area contributed by atoms with Crippen molar-refractivity contribution >= 4 is 11.5 Å². The summed E-state index contributed by atoms with van der Waals surface area (Å²) < 4.78 is 56.9. The van der Waals surface area contributed by atoms with Crippen molar-refractivity contribution in [1.29, 1.82) is 0 Å². The van der Waals surface area contributed by atoms with Crippen molar-refractivity contribution in [2.75, 3.05) is 36.4 Å². The Morgan fingerprint density at radius 1 is 1.11 bits per heavy atom. The maximum atomic E-state index is 14.0. The van der Waals surface area contributed by atoms with Crippen molar-refractivity contribution in [2.45, 2.75) is 44.9 Å². The Morgan fingerprint density at radius 3 is 2.69 bits per heavy atom. The van der Waals surface area contributed by atoms with Crippen molar-refractivity contribution in [3.63, 3.8) is 0 Å². The number of fused-ring (bicyclic) bond motifs is 1. The lowest BCUT2D eigenvalue weighted by Gasteiger charge is -2.28. The van der Waals surface area contributed by atoms with E-state index < -0.39 is 17.6 Å². The lowest BCUT2D eigenvalue weighted by Crippen LogP contribution is -2.29. The Bertz CT molecular complexity index is 1200. The Labute approximate surface area is 201 Å². The molecule has 0 bridgehead atoms. The second kappa shape index (κ2) is 9.49. The molecule has 10 heteroatoms. The highest BCUT2D eigenvalue weighted by Crippen LogP contribution is 2.39. The Hall–Kier alpha value is -3.14. The van der Waals surface area contributed by atoms with Gasteiger partial charge in [-0.15, -0.1) is 0 Å². The second-order valence-electron chi connectivity index (χ2n) is 9.19. The number of rotatable bonds is 4. The molecule has 2 aliphatic heterocycles. The van der Waals surface area contributed by atoms with Gasteiger partial charge in [-0.2, -0.15) is 18.3 Å². The van der Waals surface area contributed by atoms with Crippen molar-refractivity contribution in [1.82, 2.24) is 20.1 Å². The molecule has 186 valence electrons. The minimum atomic E-state index is -4.56. The van der Waals surface area contributed by atoms with Gasteiger partial charge in [0, 0.05) is 43.2 Å². The number of nitrogens with one attached hydrogen (secondary N) is 2. The van der Waals surface area contributed by atoms with E-state index in [0.29, 0.717) is 24.9 Å². The number of anilines is 2. The SMILES string of the molecule is Cc1c(-c2cnn(C3CCNCC3)c2)cnc2c1N(Cc1cc(F)ccc1C(F)(F)F)CCCN2. The van der Waals surface area contributed by atoms with Crippen LogP contribution in [0, 0.1) is 12.7 Å². The molecule has 2 aliphatic rings. The van der Waals surface area contributed by atoms with Crippen LogP contribution in [0.3, 0.4) is 0 Å². The van der Waals surface area contributed by atoms with Gasteiger partial charge in [-0.1, -0.05) is 0 Å². The molecule has 0 atom stereocenters. The van der Waals surface area contributed by atoms with Crippen molar-refractivity contribution < 1.29 is 17.6 Å². The molecule has 1 fully saturated rings. The third-order valence-electron chi connectivity index (χ3n) is 6.85. The van der Waals surface area contributed by atoms with Gasteiger partial charge in [0.25, 0.3) is 0 Å². The van der Waals surface area contributed by atoms with Crippen LogP contribution >= 0.6 is 0 Å². The number of piperidine rings is 1. The summed E-state index contributed by atoms with van der Waals surface area (Å²) in [4.78, 5) is 6.50. The van der Waals surface area contributed by atoms with Crippen LogP contribution in [0.5, 0.6) is 0 Å². The van der Waals surface area contributed by atoms with E-state index in [4.69, 9.17) is 0 Å². The molecule has 1 saturated heterocycles. The summed E-state index contributed by atoms with van der Waals surface area (Å²) in [6.45, 7) is 4.97. The molecule has 0 amide bonds. The molecule has 1 aromatic carbocycles. The van der Waals surface area contributed by atoms with Crippen LogP contribution in [-0.2, 0) is 12.7 Å². The van der Waals surface area contributed by atoms with Crippen LogP contribution in [-0.4, -0.2) is 40.9 Å². The molecule has 0 radical (unpaired) electrons. The van der Waals surface area contributed by atoms with Gasteiger partial charge in [0.15, 0.2) is 0 Å². The lowest BCUT2D eigenvalue weighted by atomic mass is 10.0. The second-order valence-corrected chi connectivity index (χ2v) is 9.19. The molecule has 6 nitrogen and oxygen atoms in total. The fourth-order valence-electron chi connectivity index (χ4n) is 5.07. The van der Waals surface area contributed by atoms with Crippen LogP contribution in [0.15, 0.2) is 36.8 Å². The molecular weight excluding hydrogens is 460 g/mol. The molecule has 0 aliphatic carbocycles. The van der Waals surface area contributed by atoms with Gasteiger partial charge in [0.1, 0.15) is 11.6 Å². The monoisotopic (exact) mass is 488 g/mol. The van der Waals surface area contributed by atoms with Crippen LogP contribution in [0.4, 0.5) is 29.1 Å². The third-order valence-corrected chi connectivity index (χ3v) is 6.85. The molecule has 2 N–H and O–H groups in total. The molecule has 0 saturated carbocycles. The first-order valence-electron chi connectivity index (χ1n) is 11.9. The molecule has 2 aromatic heterocycles. The highest BCUT2D eigenvalue weighted by Gasteiger charge is 2.34. The predicted molar refractivity (Wildman–Crippen MR) is 127 cm³/mol. The van der Waals surface area contributed by atoms with Gasteiger partial charge in [-0.25, -0.2) is 9.37 Å². The summed E-state index contributed by atoms with van der Waals surface area (Å²) in [6.07, 6.45) is 3.81. The van der Waals surface area contributed by atoms with E-state index in [-0.39, 0.29) is 12.1 Å². The smallest absolute Gasteiger partial charge is 0.368 e. The molecule has 0 unspecified atom stereocenters. The fourth-order valence-corrected chi connectivity index (χ4v) is 5.07. The van der Waals surface area contributed by atoms with Crippen LogP contribution in [0.1, 0.15) is 42.0 Å². The number of alkyl halides is 3. The Morgan fingerprint density at radius 2 is 1.91 bits per heavy atom. The minimum Gasteiger partial charge on any atom is -0.368 e. The zero-order chi connectivity index (χ0) is 24.6. The first-order valence-corrected chi connectivity index (χ1v) is 11.9. The Balaban J connectivity index is 1.52. The molecule has 5 rings (SSSR count). The van der Waals surface area contributed by atoms with Gasteiger partial charge in [0.2, 0.25) is 0 Å². The average Bonchev–Trinajstić information content (AvgIpc) is 3.22. The summed E-state index contributed by atoms with van der Waals surface area (Å²) >= 11 is 0. The van der Waals surface area contributed by atoms with Gasteiger partial charge >= 0.3 is 6.18 Å². The first-order chi connectivity index (χ1) is 16.8. The number of hydrogen-bond acceptors (Lipinski definition) is 5. The summed E-state index contributed by atoms with van der Waals surface area (Å²) in [7, 11) is 0. The van der Waals surface area contributed by atoms with Crippen molar-refractivity contribution in [2.24, 2.45) is 0 Å². The van der Waals surface area contributed by atoms with Crippen LogP contribution < -0.4 is 15.5 Å². The first kappa shape index (κ1) is 23.6. The minimum absolute atomic E-state index is 0.0679. The third kappa shape index (κ3) is 4.84. The molecule has 35 heavy (non-hydrogen) atoms. The lowest BCUT2D eigenvalue weighted by molar-refractivity contribution is -0.138.